The highest BCUT2D eigenvalue weighted by molar-refractivity contribution is 7.98. The molecule has 106 valence electrons. The number of nitrogens with two attached hydrogens (primary N) is 1. The van der Waals surface area contributed by atoms with Crippen LogP contribution < -0.4 is 5.73 Å². The minimum absolute atomic E-state index is 0.157. The number of thioether (sulfide) groups is 1. The Morgan fingerprint density at radius 1 is 1.58 bits per heavy atom. The van der Waals surface area contributed by atoms with Crippen LogP contribution in [0.4, 0.5) is 4.39 Å². The van der Waals surface area contributed by atoms with E-state index < -0.39 is 11.9 Å². The highest BCUT2D eigenvalue weighted by Gasteiger charge is 2.14. The van der Waals surface area contributed by atoms with Crippen LogP contribution in [-0.4, -0.2) is 24.4 Å². The van der Waals surface area contributed by atoms with Crippen molar-refractivity contribution in [2.75, 3.05) is 12.4 Å². The molecule has 0 aromatic heterocycles. The first-order valence-corrected chi connectivity index (χ1v) is 7.52. The van der Waals surface area contributed by atoms with E-state index in [-0.39, 0.29) is 11.0 Å². The summed E-state index contributed by atoms with van der Waals surface area (Å²) in [5.74, 6) is 0.480. The van der Waals surface area contributed by atoms with E-state index in [1.165, 1.54) is 6.07 Å². The summed E-state index contributed by atoms with van der Waals surface area (Å²) in [7, 11) is 0. The molecule has 1 aromatic rings. The number of hydrogen-bond donors (Lipinski definition) is 1. The number of hydrogen-bond acceptors (Lipinski definition) is 4. The Balaban J connectivity index is 2.31. The van der Waals surface area contributed by atoms with Crippen molar-refractivity contribution in [1.29, 1.82) is 0 Å². The maximum atomic E-state index is 13.2. The van der Waals surface area contributed by atoms with Gasteiger partial charge in [0.1, 0.15) is 11.9 Å². The molecule has 0 bridgehead atoms. The Labute approximate surface area is 121 Å². The second-order valence-electron chi connectivity index (χ2n) is 3.91. The van der Waals surface area contributed by atoms with E-state index in [2.05, 4.69) is 0 Å². The zero-order chi connectivity index (χ0) is 14.3. The van der Waals surface area contributed by atoms with Gasteiger partial charge in [0, 0.05) is 5.75 Å². The van der Waals surface area contributed by atoms with E-state index in [0.29, 0.717) is 24.5 Å². The van der Waals surface area contributed by atoms with Crippen molar-refractivity contribution in [3.05, 3.63) is 34.6 Å². The second kappa shape index (κ2) is 8.40. The third-order valence-electron chi connectivity index (χ3n) is 2.45. The van der Waals surface area contributed by atoms with Crippen molar-refractivity contribution in [2.24, 2.45) is 5.73 Å². The van der Waals surface area contributed by atoms with Gasteiger partial charge in [0.2, 0.25) is 0 Å². The summed E-state index contributed by atoms with van der Waals surface area (Å²) in [5.41, 5.74) is 6.41. The number of benzene rings is 1. The molecule has 0 spiro atoms. The minimum atomic E-state index is -0.601. The first-order valence-electron chi connectivity index (χ1n) is 5.99. The average Bonchev–Trinajstić information content (AvgIpc) is 2.39. The lowest BCUT2D eigenvalue weighted by atomic mass is 10.2. The fraction of sp³-hybridized carbons (Fsp3) is 0.462. The Bertz CT molecular complexity index is 431. The van der Waals surface area contributed by atoms with E-state index in [0.717, 1.165) is 5.56 Å². The van der Waals surface area contributed by atoms with Gasteiger partial charge in [-0.15, -0.1) is 0 Å². The Hall–Kier alpha value is -0.780. The van der Waals surface area contributed by atoms with Crippen LogP contribution in [-0.2, 0) is 15.3 Å². The highest BCUT2D eigenvalue weighted by Crippen LogP contribution is 2.24. The van der Waals surface area contributed by atoms with Crippen LogP contribution in [0.25, 0.3) is 0 Å². The van der Waals surface area contributed by atoms with Crippen LogP contribution in [0.3, 0.4) is 0 Å². The number of carbonyl (C=O) groups is 1. The predicted molar refractivity (Wildman–Crippen MR) is 76.8 cm³/mol. The van der Waals surface area contributed by atoms with E-state index in [4.69, 9.17) is 22.1 Å². The van der Waals surface area contributed by atoms with Gasteiger partial charge in [0.05, 0.1) is 11.6 Å². The highest BCUT2D eigenvalue weighted by atomic mass is 35.5. The van der Waals surface area contributed by atoms with Crippen LogP contribution in [0.15, 0.2) is 18.2 Å². The second-order valence-corrected chi connectivity index (χ2v) is 5.40. The number of halogens is 2. The predicted octanol–water partition coefficient (Wildman–Crippen LogP) is 2.99. The molecule has 0 aliphatic heterocycles. The molecule has 1 unspecified atom stereocenters. The zero-order valence-corrected chi connectivity index (χ0v) is 12.3. The third kappa shape index (κ3) is 5.38. The van der Waals surface area contributed by atoms with Gasteiger partial charge in [-0.25, -0.2) is 4.39 Å². The first kappa shape index (κ1) is 16.3. The van der Waals surface area contributed by atoms with E-state index in [1.807, 2.05) is 0 Å². The fourth-order valence-electron chi connectivity index (χ4n) is 1.42. The molecule has 0 amide bonds. The summed E-state index contributed by atoms with van der Waals surface area (Å²) >= 11 is 7.39. The van der Waals surface area contributed by atoms with Crippen molar-refractivity contribution in [2.45, 2.75) is 25.1 Å². The summed E-state index contributed by atoms with van der Waals surface area (Å²) in [6.07, 6.45) is 0.524. The molecule has 1 aromatic carbocycles. The molecule has 1 rings (SSSR count). The maximum absolute atomic E-state index is 13.2. The molecule has 0 saturated carbocycles. The van der Waals surface area contributed by atoms with Crippen LogP contribution in [0.5, 0.6) is 0 Å². The molecule has 0 radical (unpaired) electrons. The van der Waals surface area contributed by atoms with Gasteiger partial charge in [0.25, 0.3) is 0 Å². The molecular weight excluding hydrogens is 289 g/mol. The minimum Gasteiger partial charge on any atom is -0.465 e. The van der Waals surface area contributed by atoms with Gasteiger partial charge in [-0.2, -0.15) is 11.8 Å². The SMILES string of the molecule is CCOC(=O)C(N)CCSCc1cccc(F)c1Cl. The van der Waals surface area contributed by atoms with Gasteiger partial charge in [0.15, 0.2) is 0 Å². The van der Waals surface area contributed by atoms with E-state index >= 15 is 0 Å². The quantitative estimate of drug-likeness (QED) is 0.621. The lowest BCUT2D eigenvalue weighted by molar-refractivity contribution is -0.144. The first-order chi connectivity index (χ1) is 9.06. The third-order valence-corrected chi connectivity index (χ3v) is 3.91. The Morgan fingerprint density at radius 3 is 3.00 bits per heavy atom. The van der Waals surface area contributed by atoms with Crippen LogP contribution in [0, 0.1) is 5.82 Å². The molecular formula is C13H17ClFNO2S. The van der Waals surface area contributed by atoms with Crippen molar-refractivity contribution >= 4 is 29.3 Å². The van der Waals surface area contributed by atoms with Crippen molar-refractivity contribution < 1.29 is 13.9 Å². The van der Waals surface area contributed by atoms with Gasteiger partial charge in [-0.3, -0.25) is 4.79 Å². The molecule has 0 aliphatic carbocycles. The van der Waals surface area contributed by atoms with Gasteiger partial charge >= 0.3 is 5.97 Å². The Kier molecular flexibility index (Phi) is 7.20. The molecule has 19 heavy (non-hydrogen) atoms. The van der Waals surface area contributed by atoms with Crippen LogP contribution in [0.1, 0.15) is 18.9 Å². The van der Waals surface area contributed by atoms with Crippen molar-refractivity contribution in [3.63, 3.8) is 0 Å². The standard InChI is InChI=1S/C13H17ClFNO2S/c1-2-18-13(17)11(16)6-7-19-8-9-4-3-5-10(15)12(9)14/h3-5,11H,2,6-8,16H2,1H3. The number of carbonyl (C=O) groups excluding carboxylic acids is 1. The number of esters is 1. The van der Waals surface area contributed by atoms with Crippen LogP contribution in [0.2, 0.25) is 5.02 Å². The van der Waals surface area contributed by atoms with Crippen molar-refractivity contribution in [1.82, 2.24) is 0 Å². The monoisotopic (exact) mass is 305 g/mol. The Morgan fingerprint density at radius 2 is 2.32 bits per heavy atom. The largest absolute Gasteiger partial charge is 0.465 e. The summed E-state index contributed by atoms with van der Waals surface area (Å²) in [5, 5.41) is 0.157. The summed E-state index contributed by atoms with van der Waals surface area (Å²) < 4.78 is 18.0. The average molecular weight is 306 g/mol. The topological polar surface area (TPSA) is 52.3 Å². The van der Waals surface area contributed by atoms with E-state index in [9.17, 15) is 9.18 Å². The fourth-order valence-corrected chi connectivity index (χ4v) is 2.72. The van der Waals surface area contributed by atoms with Crippen molar-refractivity contribution in [3.8, 4) is 0 Å². The summed E-state index contributed by atoms with van der Waals surface area (Å²) in [6.45, 7) is 2.07. The lowest BCUT2D eigenvalue weighted by Gasteiger charge is -2.10. The summed E-state index contributed by atoms with van der Waals surface area (Å²) in [4.78, 5) is 11.3. The molecule has 6 heteroatoms. The molecule has 0 saturated heterocycles. The molecule has 0 heterocycles. The molecule has 2 N–H and O–H groups in total. The normalized spacial score (nSPS) is 12.2. The zero-order valence-electron chi connectivity index (χ0n) is 10.7. The molecule has 0 aliphatic rings. The van der Waals surface area contributed by atoms with Gasteiger partial charge in [-0.05, 0) is 30.7 Å². The van der Waals surface area contributed by atoms with Gasteiger partial charge < -0.3 is 10.5 Å². The molecule has 3 nitrogen and oxygen atoms in total. The molecule has 1 atom stereocenters. The molecule has 0 fully saturated rings. The number of ether oxygens (including phenoxy) is 1. The summed E-state index contributed by atoms with van der Waals surface area (Å²) in [6, 6.07) is 4.13. The smallest absolute Gasteiger partial charge is 0.322 e. The lowest BCUT2D eigenvalue weighted by Crippen LogP contribution is -2.32. The maximum Gasteiger partial charge on any atom is 0.322 e. The number of rotatable bonds is 7. The van der Waals surface area contributed by atoms with Crippen LogP contribution >= 0.6 is 23.4 Å². The van der Waals surface area contributed by atoms with Gasteiger partial charge in [-0.1, -0.05) is 23.7 Å². The van der Waals surface area contributed by atoms with E-state index in [1.54, 1.807) is 30.8 Å².